The minimum absolute atomic E-state index is 0.141. The molecule has 4 nitrogen and oxygen atoms in total. The molecule has 0 saturated carbocycles. The predicted molar refractivity (Wildman–Crippen MR) is 81.6 cm³/mol. The van der Waals surface area contributed by atoms with Crippen LogP contribution in [-0.4, -0.2) is 25.2 Å². The molecule has 108 valence electrons. The number of rotatable bonds is 7. The lowest BCUT2D eigenvalue weighted by Crippen LogP contribution is -2.38. The first-order valence-corrected chi connectivity index (χ1v) is 7.42. The molecule has 0 amide bonds. The lowest BCUT2D eigenvalue weighted by atomic mass is 10.1. The molecule has 1 N–H and O–H groups in total. The molecule has 0 spiro atoms. The highest BCUT2D eigenvalue weighted by Crippen LogP contribution is 2.26. The van der Waals surface area contributed by atoms with Gasteiger partial charge in [0, 0.05) is 18.1 Å². The van der Waals surface area contributed by atoms with E-state index in [1.165, 1.54) is 0 Å². The number of nitrogens with one attached hydrogen (secondary N) is 1. The zero-order valence-electron chi connectivity index (χ0n) is 12.1. The van der Waals surface area contributed by atoms with Gasteiger partial charge in [0.05, 0.1) is 12.6 Å². The molecule has 0 aliphatic rings. The summed E-state index contributed by atoms with van der Waals surface area (Å²) in [4.78, 5) is 4.35. The summed E-state index contributed by atoms with van der Waals surface area (Å²) in [6, 6.07) is 7.66. The van der Waals surface area contributed by atoms with E-state index in [0.29, 0.717) is 6.61 Å². The summed E-state index contributed by atoms with van der Waals surface area (Å²) in [5.74, 6) is 1.52. The molecule has 1 aromatic carbocycles. The van der Waals surface area contributed by atoms with Crippen molar-refractivity contribution in [3.05, 3.63) is 40.8 Å². The van der Waals surface area contributed by atoms with Gasteiger partial charge in [-0.1, -0.05) is 12.1 Å². The number of aromatic nitrogens is 1. The molecular formula is C15H20N2O2S. The van der Waals surface area contributed by atoms with Gasteiger partial charge < -0.3 is 14.8 Å². The van der Waals surface area contributed by atoms with E-state index < -0.39 is 0 Å². The number of nitrogens with zero attached hydrogens (tertiary/aromatic N) is 1. The Bertz CT molecular complexity index is 526. The molecule has 5 heteroatoms. The number of ether oxygens (including phenoxy) is 2. The molecule has 0 radical (unpaired) electrons. The minimum atomic E-state index is -0.141. The third-order valence-electron chi connectivity index (χ3n) is 2.96. The van der Waals surface area contributed by atoms with E-state index in [1.54, 1.807) is 18.4 Å². The summed E-state index contributed by atoms with van der Waals surface area (Å²) in [6.07, 6.45) is 1.83. The first-order valence-electron chi connectivity index (χ1n) is 6.54. The first-order chi connectivity index (χ1) is 9.63. The van der Waals surface area contributed by atoms with Crippen LogP contribution >= 0.6 is 11.3 Å². The van der Waals surface area contributed by atoms with Gasteiger partial charge in [-0.15, -0.1) is 11.3 Å². The Morgan fingerprint density at radius 2 is 2.00 bits per heavy atom. The third kappa shape index (κ3) is 3.71. The number of hydrogen-bond acceptors (Lipinski definition) is 5. The Hall–Kier alpha value is -1.59. The van der Waals surface area contributed by atoms with Crippen molar-refractivity contribution in [2.24, 2.45) is 0 Å². The van der Waals surface area contributed by atoms with Crippen LogP contribution in [0.5, 0.6) is 11.5 Å². The molecular weight excluding hydrogens is 272 g/mol. The van der Waals surface area contributed by atoms with Gasteiger partial charge in [-0.3, -0.25) is 0 Å². The van der Waals surface area contributed by atoms with Crippen molar-refractivity contribution in [3.63, 3.8) is 0 Å². The SMILES string of the molecule is COc1ccccc1OCCNC(C)(C)c1nccs1. The Kier molecular flexibility index (Phi) is 4.98. The minimum Gasteiger partial charge on any atom is -0.493 e. The highest BCUT2D eigenvalue weighted by atomic mass is 32.1. The van der Waals surface area contributed by atoms with Gasteiger partial charge in [-0.2, -0.15) is 0 Å². The van der Waals surface area contributed by atoms with E-state index >= 15 is 0 Å². The highest BCUT2D eigenvalue weighted by molar-refractivity contribution is 7.09. The van der Waals surface area contributed by atoms with Crippen LogP contribution in [0.3, 0.4) is 0 Å². The highest BCUT2D eigenvalue weighted by Gasteiger charge is 2.22. The average molecular weight is 292 g/mol. The topological polar surface area (TPSA) is 43.4 Å². The molecule has 1 aromatic heterocycles. The predicted octanol–water partition coefficient (Wildman–Crippen LogP) is 3.06. The summed E-state index contributed by atoms with van der Waals surface area (Å²) in [6.45, 7) is 5.56. The van der Waals surface area contributed by atoms with Gasteiger partial charge in [0.2, 0.25) is 0 Å². The van der Waals surface area contributed by atoms with E-state index in [9.17, 15) is 0 Å². The quantitative estimate of drug-likeness (QED) is 0.797. The Balaban J connectivity index is 1.82. The Labute approximate surface area is 123 Å². The zero-order chi connectivity index (χ0) is 14.4. The molecule has 0 bridgehead atoms. The van der Waals surface area contributed by atoms with Crippen molar-refractivity contribution in [3.8, 4) is 11.5 Å². The summed E-state index contributed by atoms with van der Waals surface area (Å²) < 4.78 is 11.0. The van der Waals surface area contributed by atoms with E-state index in [1.807, 2.05) is 35.8 Å². The van der Waals surface area contributed by atoms with Crippen LogP contribution in [0, 0.1) is 0 Å². The van der Waals surface area contributed by atoms with Crippen molar-refractivity contribution < 1.29 is 9.47 Å². The molecule has 2 aromatic rings. The van der Waals surface area contributed by atoms with E-state index in [2.05, 4.69) is 24.1 Å². The number of para-hydroxylation sites is 2. The molecule has 0 fully saturated rings. The summed E-state index contributed by atoms with van der Waals surface area (Å²) in [5, 5.41) is 6.52. The van der Waals surface area contributed by atoms with Gasteiger partial charge >= 0.3 is 0 Å². The van der Waals surface area contributed by atoms with Crippen molar-refractivity contribution in [2.45, 2.75) is 19.4 Å². The number of benzene rings is 1. The van der Waals surface area contributed by atoms with E-state index in [-0.39, 0.29) is 5.54 Å². The van der Waals surface area contributed by atoms with Crippen LogP contribution in [-0.2, 0) is 5.54 Å². The first kappa shape index (κ1) is 14.8. The lowest BCUT2D eigenvalue weighted by molar-refractivity contribution is 0.271. The van der Waals surface area contributed by atoms with Crippen LogP contribution in [0.25, 0.3) is 0 Å². The number of methoxy groups -OCH3 is 1. The standard InChI is InChI=1S/C15H20N2O2S/c1-15(2,14-16-9-11-20-14)17-8-10-19-13-7-5-4-6-12(13)18-3/h4-7,9,11,17H,8,10H2,1-3H3. The molecule has 20 heavy (non-hydrogen) atoms. The largest absolute Gasteiger partial charge is 0.493 e. The van der Waals surface area contributed by atoms with Crippen LogP contribution in [0.4, 0.5) is 0 Å². The lowest BCUT2D eigenvalue weighted by Gasteiger charge is -2.24. The fourth-order valence-corrected chi connectivity index (χ4v) is 2.61. The van der Waals surface area contributed by atoms with Crippen molar-refractivity contribution >= 4 is 11.3 Å². The summed E-state index contributed by atoms with van der Waals surface area (Å²) in [5.41, 5.74) is -0.141. The summed E-state index contributed by atoms with van der Waals surface area (Å²) >= 11 is 1.66. The fourth-order valence-electron chi connectivity index (χ4n) is 1.87. The molecule has 0 aliphatic carbocycles. The van der Waals surface area contributed by atoms with Gasteiger partial charge in [0.1, 0.15) is 11.6 Å². The molecule has 0 saturated heterocycles. The van der Waals surface area contributed by atoms with Gasteiger partial charge in [0.25, 0.3) is 0 Å². The maximum atomic E-state index is 5.74. The van der Waals surface area contributed by atoms with Crippen LogP contribution in [0.1, 0.15) is 18.9 Å². The van der Waals surface area contributed by atoms with Crippen LogP contribution in [0.15, 0.2) is 35.8 Å². The number of thiazole rings is 1. The third-order valence-corrected chi connectivity index (χ3v) is 4.06. The normalized spacial score (nSPS) is 11.3. The molecule has 0 unspecified atom stereocenters. The van der Waals surface area contributed by atoms with E-state index in [4.69, 9.17) is 9.47 Å². The summed E-state index contributed by atoms with van der Waals surface area (Å²) in [7, 11) is 1.64. The van der Waals surface area contributed by atoms with Gasteiger partial charge in [-0.25, -0.2) is 4.98 Å². The maximum Gasteiger partial charge on any atom is 0.161 e. The van der Waals surface area contributed by atoms with Gasteiger partial charge in [0.15, 0.2) is 11.5 Å². The molecule has 0 atom stereocenters. The molecule has 2 rings (SSSR count). The second-order valence-electron chi connectivity index (χ2n) is 4.89. The number of hydrogen-bond donors (Lipinski definition) is 1. The van der Waals surface area contributed by atoms with Crippen LogP contribution < -0.4 is 14.8 Å². The van der Waals surface area contributed by atoms with E-state index in [0.717, 1.165) is 23.1 Å². The average Bonchev–Trinajstić information content (AvgIpc) is 2.99. The van der Waals surface area contributed by atoms with Crippen molar-refractivity contribution in [1.29, 1.82) is 0 Å². The zero-order valence-corrected chi connectivity index (χ0v) is 12.9. The van der Waals surface area contributed by atoms with Gasteiger partial charge in [-0.05, 0) is 26.0 Å². The second-order valence-corrected chi connectivity index (χ2v) is 5.78. The van der Waals surface area contributed by atoms with Crippen molar-refractivity contribution in [2.75, 3.05) is 20.3 Å². The van der Waals surface area contributed by atoms with Crippen LogP contribution in [0.2, 0.25) is 0 Å². The van der Waals surface area contributed by atoms with Crippen molar-refractivity contribution in [1.82, 2.24) is 10.3 Å². The molecule has 1 heterocycles. The maximum absolute atomic E-state index is 5.74. The monoisotopic (exact) mass is 292 g/mol. The molecule has 0 aliphatic heterocycles. The smallest absolute Gasteiger partial charge is 0.161 e. The second kappa shape index (κ2) is 6.72. The Morgan fingerprint density at radius 3 is 2.65 bits per heavy atom. The fraction of sp³-hybridized carbons (Fsp3) is 0.400. The Morgan fingerprint density at radius 1 is 1.25 bits per heavy atom.